The predicted octanol–water partition coefficient (Wildman–Crippen LogP) is 9.05. The lowest BCUT2D eigenvalue weighted by Gasteiger charge is -2.31. The summed E-state index contributed by atoms with van der Waals surface area (Å²) < 4.78 is 16.7. The summed E-state index contributed by atoms with van der Waals surface area (Å²) >= 11 is 5.32. The first-order valence-corrected chi connectivity index (χ1v) is 20.2. The normalized spacial score (nSPS) is 29.6. The summed E-state index contributed by atoms with van der Waals surface area (Å²) in [7, 11) is 0. The standard InChI is InChI=1S/C21H32O4.C14H22O3.C7H11ClO/c1-21(2,3)25-19(22)13-18(17-12-14-9-10-16(17)11-14)24-20(23)15-7-5-4-6-8-15;1-14(2,3)17-13(16)8-12(15)11-7-9-4-5-10(11)6-9;8-7(9)6-4-2-1-3-5-6/h9-10,14-18H,4-8,11-13H2,1-3H3;4-5,9-12,15H,6-8H2,1-3H3;6H,1-5H2. The van der Waals surface area contributed by atoms with Crippen LogP contribution >= 0.6 is 11.6 Å². The van der Waals surface area contributed by atoms with Crippen LogP contribution in [0.5, 0.6) is 0 Å². The van der Waals surface area contributed by atoms with E-state index >= 15 is 0 Å². The van der Waals surface area contributed by atoms with Crippen molar-refractivity contribution in [2.24, 2.45) is 47.3 Å². The third kappa shape index (κ3) is 13.6. The SMILES string of the molecule is CC(C)(C)OC(=O)CC(O)C1CC2C=CC1C2.CC(C)(C)OC(=O)CC(OC(=O)C1CCCCC1)C1CC2C=CC1C2.O=C(Cl)C1CCCCC1. The van der Waals surface area contributed by atoms with E-state index in [0.717, 1.165) is 64.2 Å². The van der Waals surface area contributed by atoms with Gasteiger partial charge in [-0.2, -0.15) is 0 Å². The first kappa shape index (κ1) is 41.6. The Bertz CT molecular complexity index is 1230. The Labute approximate surface area is 311 Å². The van der Waals surface area contributed by atoms with Crippen molar-refractivity contribution < 1.29 is 38.5 Å². The summed E-state index contributed by atoms with van der Waals surface area (Å²) in [6, 6.07) is 0. The summed E-state index contributed by atoms with van der Waals surface area (Å²) in [6.45, 7) is 11.1. The van der Waals surface area contributed by atoms with Crippen molar-refractivity contribution in [2.75, 3.05) is 0 Å². The maximum absolute atomic E-state index is 12.6. The van der Waals surface area contributed by atoms with E-state index in [1.54, 1.807) is 0 Å². The molecule has 0 heterocycles. The molecule has 0 radical (unpaired) electrons. The van der Waals surface area contributed by atoms with Crippen LogP contribution in [-0.4, -0.2) is 51.7 Å². The van der Waals surface area contributed by atoms with Gasteiger partial charge in [0.2, 0.25) is 5.24 Å². The molecule has 6 aliphatic rings. The minimum absolute atomic E-state index is 0.0176. The predicted molar refractivity (Wildman–Crippen MR) is 199 cm³/mol. The fourth-order valence-electron chi connectivity index (χ4n) is 8.96. The van der Waals surface area contributed by atoms with Gasteiger partial charge in [-0.1, -0.05) is 62.8 Å². The van der Waals surface area contributed by atoms with Gasteiger partial charge < -0.3 is 19.3 Å². The average molecular weight is 733 g/mol. The Kier molecular flexibility index (Phi) is 15.3. The molecule has 8 unspecified atom stereocenters. The van der Waals surface area contributed by atoms with Gasteiger partial charge >= 0.3 is 17.9 Å². The number of aliphatic hydroxyl groups is 1. The van der Waals surface area contributed by atoms with E-state index in [4.69, 9.17) is 25.8 Å². The van der Waals surface area contributed by atoms with E-state index in [1.807, 2.05) is 41.5 Å². The Morgan fingerprint density at radius 2 is 1.10 bits per heavy atom. The quantitative estimate of drug-likeness (QED) is 0.108. The Morgan fingerprint density at radius 3 is 1.49 bits per heavy atom. The first-order chi connectivity index (χ1) is 24.0. The van der Waals surface area contributed by atoms with Gasteiger partial charge in [0.1, 0.15) is 17.3 Å². The zero-order valence-electron chi connectivity index (χ0n) is 32.1. The topological polar surface area (TPSA) is 116 Å². The molecule has 6 rings (SSSR count). The molecule has 4 fully saturated rings. The molecular weight excluding hydrogens is 668 g/mol. The molecule has 6 aliphatic carbocycles. The number of hydrogen-bond acceptors (Lipinski definition) is 8. The number of fused-ring (bicyclic) bond motifs is 4. The fraction of sp³-hybridized carbons (Fsp3) is 0.810. The number of aliphatic hydroxyl groups excluding tert-OH is 1. The Hall–Kier alpha value is -2.19. The van der Waals surface area contributed by atoms with Crippen LogP contribution in [0.25, 0.3) is 0 Å². The van der Waals surface area contributed by atoms with E-state index < -0.39 is 17.3 Å². The van der Waals surface area contributed by atoms with Crippen molar-refractivity contribution in [3.05, 3.63) is 24.3 Å². The van der Waals surface area contributed by atoms with Crippen molar-refractivity contribution in [1.29, 1.82) is 0 Å². The zero-order chi connectivity index (χ0) is 37.3. The second-order valence-electron chi connectivity index (χ2n) is 18.0. The summed E-state index contributed by atoms with van der Waals surface area (Å²) in [6.07, 6.45) is 23.6. The molecule has 0 aliphatic heterocycles. The number of allylic oxidation sites excluding steroid dienone is 4. The maximum Gasteiger partial charge on any atom is 0.310 e. The molecule has 8 nitrogen and oxygen atoms in total. The first-order valence-electron chi connectivity index (χ1n) is 19.9. The number of hydrogen-bond donors (Lipinski definition) is 1. The van der Waals surface area contributed by atoms with Gasteiger partial charge in [-0.15, -0.1) is 0 Å². The molecule has 0 saturated heterocycles. The summed E-state index contributed by atoms with van der Waals surface area (Å²) in [5, 5.41) is 9.97. The van der Waals surface area contributed by atoms with Crippen LogP contribution in [0.1, 0.15) is 144 Å². The molecule has 0 spiro atoms. The highest BCUT2D eigenvalue weighted by atomic mass is 35.5. The van der Waals surface area contributed by atoms with Gasteiger partial charge in [-0.25, -0.2) is 0 Å². The number of carbonyl (C=O) groups excluding carboxylic acids is 4. The lowest BCUT2D eigenvalue weighted by molar-refractivity contribution is -0.167. The van der Waals surface area contributed by atoms with E-state index in [9.17, 15) is 24.3 Å². The molecule has 0 aromatic rings. The summed E-state index contributed by atoms with van der Waals surface area (Å²) in [5.74, 6) is 2.17. The summed E-state index contributed by atoms with van der Waals surface area (Å²) in [5.41, 5.74) is -0.977. The van der Waals surface area contributed by atoms with E-state index in [-0.39, 0.29) is 65.8 Å². The molecular formula is C42H65ClO8. The molecule has 0 amide bonds. The van der Waals surface area contributed by atoms with Crippen molar-refractivity contribution in [2.45, 2.75) is 168 Å². The van der Waals surface area contributed by atoms with Crippen LogP contribution in [-0.2, 0) is 33.4 Å². The van der Waals surface area contributed by atoms with E-state index in [2.05, 4.69) is 24.3 Å². The van der Waals surface area contributed by atoms with E-state index in [0.29, 0.717) is 23.7 Å². The van der Waals surface area contributed by atoms with Gasteiger partial charge in [0.15, 0.2) is 0 Å². The smallest absolute Gasteiger partial charge is 0.310 e. The van der Waals surface area contributed by atoms with Crippen LogP contribution in [0.15, 0.2) is 24.3 Å². The second-order valence-corrected chi connectivity index (χ2v) is 18.4. The average Bonchev–Trinajstić information content (AvgIpc) is 3.88. The largest absolute Gasteiger partial charge is 0.461 e. The molecule has 288 valence electrons. The Balaban J connectivity index is 0.000000192. The van der Waals surface area contributed by atoms with Crippen molar-refractivity contribution in [3.8, 4) is 0 Å². The second kappa shape index (κ2) is 18.7. The molecule has 51 heavy (non-hydrogen) atoms. The number of esters is 3. The molecule has 1 N–H and O–H groups in total. The zero-order valence-corrected chi connectivity index (χ0v) is 32.8. The van der Waals surface area contributed by atoms with Crippen LogP contribution < -0.4 is 0 Å². The van der Waals surface area contributed by atoms with Gasteiger partial charge in [0, 0.05) is 11.8 Å². The van der Waals surface area contributed by atoms with Gasteiger partial charge in [-0.05, 0) is 134 Å². The van der Waals surface area contributed by atoms with E-state index in [1.165, 1.54) is 25.7 Å². The minimum atomic E-state index is -0.551. The fourth-order valence-corrected chi connectivity index (χ4v) is 9.18. The number of halogens is 1. The highest BCUT2D eigenvalue weighted by Crippen LogP contribution is 2.47. The monoisotopic (exact) mass is 732 g/mol. The van der Waals surface area contributed by atoms with Gasteiger partial charge in [-0.3, -0.25) is 19.2 Å². The van der Waals surface area contributed by atoms with Crippen LogP contribution in [0.4, 0.5) is 0 Å². The van der Waals surface area contributed by atoms with Crippen LogP contribution in [0.3, 0.4) is 0 Å². The lowest BCUT2D eigenvalue weighted by atomic mass is 9.86. The maximum atomic E-state index is 12.6. The molecule has 9 heteroatoms. The van der Waals surface area contributed by atoms with Crippen LogP contribution in [0, 0.1) is 47.3 Å². The lowest BCUT2D eigenvalue weighted by Crippen LogP contribution is -2.36. The van der Waals surface area contributed by atoms with Crippen molar-refractivity contribution >= 4 is 34.8 Å². The van der Waals surface area contributed by atoms with Crippen molar-refractivity contribution in [3.63, 3.8) is 0 Å². The minimum Gasteiger partial charge on any atom is -0.461 e. The summed E-state index contributed by atoms with van der Waals surface area (Å²) in [4.78, 5) is 47.2. The van der Waals surface area contributed by atoms with Crippen LogP contribution in [0.2, 0.25) is 0 Å². The molecule has 0 aromatic heterocycles. The Morgan fingerprint density at radius 1 is 0.647 bits per heavy atom. The number of ether oxygens (including phenoxy) is 3. The molecule has 8 atom stereocenters. The number of rotatable bonds is 9. The highest BCUT2D eigenvalue weighted by molar-refractivity contribution is 6.63. The van der Waals surface area contributed by atoms with Gasteiger partial charge in [0.25, 0.3) is 0 Å². The van der Waals surface area contributed by atoms with Gasteiger partial charge in [0.05, 0.1) is 24.9 Å². The highest BCUT2D eigenvalue weighted by Gasteiger charge is 2.44. The van der Waals surface area contributed by atoms with Crippen molar-refractivity contribution in [1.82, 2.24) is 0 Å². The third-order valence-electron chi connectivity index (χ3n) is 11.3. The molecule has 4 saturated carbocycles. The molecule has 0 aromatic carbocycles. The molecule has 4 bridgehead atoms. The third-order valence-corrected chi connectivity index (χ3v) is 11.7. The number of carbonyl (C=O) groups is 4.